The molecule has 1 atom stereocenters. The third kappa shape index (κ3) is 5.23. The zero-order valence-electron chi connectivity index (χ0n) is 14.0. The predicted molar refractivity (Wildman–Crippen MR) is 87.7 cm³/mol. The first kappa shape index (κ1) is 18.8. The molecule has 0 bridgehead atoms. The summed E-state index contributed by atoms with van der Waals surface area (Å²) in [5.41, 5.74) is 0.155. The Morgan fingerprint density at radius 2 is 1.88 bits per heavy atom. The van der Waals surface area contributed by atoms with E-state index in [4.69, 9.17) is 0 Å². The Morgan fingerprint density at radius 3 is 2.42 bits per heavy atom. The molecule has 24 heavy (non-hydrogen) atoms. The maximum Gasteiger partial charge on any atom is 0.396 e. The van der Waals surface area contributed by atoms with Crippen LogP contribution in [0.4, 0.5) is 13.2 Å². The van der Waals surface area contributed by atoms with Crippen molar-refractivity contribution in [3.63, 3.8) is 0 Å². The molecule has 1 aromatic carbocycles. The van der Waals surface area contributed by atoms with Gasteiger partial charge in [-0.05, 0) is 44.3 Å². The average Bonchev–Trinajstić information content (AvgIpc) is 2.58. The minimum absolute atomic E-state index is 0.155. The number of likely N-dealkylation sites (tertiary alicyclic amines) is 1. The minimum Gasteiger partial charge on any atom is -0.343 e. The van der Waals surface area contributed by atoms with Gasteiger partial charge in [-0.1, -0.05) is 30.3 Å². The van der Waals surface area contributed by atoms with Gasteiger partial charge in [0.25, 0.3) is 0 Å². The summed E-state index contributed by atoms with van der Waals surface area (Å²) in [5, 5.41) is 3.10. The summed E-state index contributed by atoms with van der Waals surface area (Å²) in [4.78, 5) is 14.0. The smallest absolute Gasteiger partial charge is 0.343 e. The van der Waals surface area contributed by atoms with Crippen molar-refractivity contribution in [3.8, 4) is 0 Å². The number of carbonyl (C=O) groups is 1. The molecule has 2 rings (SSSR count). The highest BCUT2D eigenvalue weighted by molar-refractivity contribution is 5.77. The fourth-order valence-electron chi connectivity index (χ4n) is 3.23. The van der Waals surface area contributed by atoms with Crippen molar-refractivity contribution in [1.82, 2.24) is 10.2 Å². The summed E-state index contributed by atoms with van der Waals surface area (Å²) in [6.45, 7) is 2.06. The number of amides is 1. The fraction of sp³-hybridized carbons (Fsp3) is 0.611. The highest BCUT2D eigenvalue weighted by Gasteiger charge is 2.42. The Bertz CT molecular complexity index is 511. The third-order valence-corrected chi connectivity index (χ3v) is 4.75. The van der Waals surface area contributed by atoms with E-state index in [1.54, 1.807) is 23.1 Å². The van der Waals surface area contributed by atoms with Crippen LogP contribution in [-0.4, -0.2) is 43.7 Å². The van der Waals surface area contributed by atoms with E-state index >= 15 is 0 Å². The van der Waals surface area contributed by atoms with Crippen molar-refractivity contribution >= 4 is 5.91 Å². The summed E-state index contributed by atoms with van der Waals surface area (Å²) >= 11 is 0. The molecule has 1 heterocycles. The van der Waals surface area contributed by atoms with E-state index in [0.717, 1.165) is 25.8 Å². The molecular formula is C18H25F3N2O. The molecule has 0 aromatic heterocycles. The van der Waals surface area contributed by atoms with Gasteiger partial charge in [-0.25, -0.2) is 0 Å². The van der Waals surface area contributed by atoms with Crippen LogP contribution in [0, 0.1) is 5.92 Å². The van der Waals surface area contributed by atoms with Gasteiger partial charge in [0.15, 0.2) is 0 Å². The van der Waals surface area contributed by atoms with Crippen molar-refractivity contribution in [2.24, 2.45) is 5.92 Å². The second-order valence-corrected chi connectivity index (χ2v) is 6.43. The first-order chi connectivity index (χ1) is 11.4. The summed E-state index contributed by atoms with van der Waals surface area (Å²) in [5.74, 6) is -1.57. The van der Waals surface area contributed by atoms with Crippen molar-refractivity contribution < 1.29 is 18.0 Å². The molecule has 0 aliphatic carbocycles. The van der Waals surface area contributed by atoms with E-state index in [9.17, 15) is 18.0 Å². The quantitative estimate of drug-likeness (QED) is 0.857. The van der Waals surface area contributed by atoms with Crippen LogP contribution in [0.2, 0.25) is 0 Å². The van der Waals surface area contributed by atoms with Gasteiger partial charge in [-0.2, -0.15) is 13.2 Å². The highest BCUT2D eigenvalue weighted by Crippen LogP contribution is 2.38. The van der Waals surface area contributed by atoms with E-state index in [1.165, 1.54) is 12.1 Å². The molecule has 6 heteroatoms. The topological polar surface area (TPSA) is 32.3 Å². The lowest BCUT2D eigenvalue weighted by atomic mass is 9.91. The number of nitrogens with zero attached hydrogens (tertiary/aromatic N) is 1. The SMILES string of the molecule is CNCCC1CCN(C(=O)CC(c2ccccc2)C(F)(F)F)CC1. The molecular weight excluding hydrogens is 317 g/mol. The monoisotopic (exact) mass is 342 g/mol. The van der Waals surface area contributed by atoms with E-state index in [1.807, 2.05) is 7.05 Å². The summed E-state index contributed by atoms with van der Waals surface area (Å²) in [6, 6.07) is 7.71. The number of halogens is 3. The number of nitrogens with one attached hydrogen (secondary N) is 1. The van der Waals surface area contributed by atoms with E-state index in [-0.39, 0.29) is 5.56 Å². The van der Waals surface area contributed by atoms with Crippen molar-refractivity contribution in [2.45, 2.75) is 37.8 Å². The zero-order chi connectivity index (χ0) is 17.6. The number of alkyl halides is 3. The molecule has 134 valence electrons. The number of hydrogen-bond acceptors (Lipinski definition) is 2. The minimum atomic E-state index is -4.41. The van der Waals surface area contributed by atoms with Crippen molar-refractivity contribution in [3.05, 3.63) is 35.9 Å². The molecule has 1 N–H and O–H groups in total. The molecule has 0 saturated carbocycles. The maximum absolute atomic E-state index is 13.4. The standard InChI is InChI=1S/C18H25F3N2O/c1-22-10-7-14-8-11-23(12-9-14)17(24)13-16(18(19,20)21)15-5-3-2-4-6-15/h2-6,14,16,22H,7-13H2,1H3. The number of hydrogen-bond donors (Lipinski definition) is 1. The normalized spacial score (nSPS) is 17.8. The van der Waals surface area contributed by atoms with Crippen LogP contribution in [0.5, 0.6) is 0 Å². The van der Waals surface area contributed by atoms with Gasteiger partial charge >= 0.3 is 6.18 Å². The molecule has 1 aromatic rings. The second kappa shape index (κ2) is 8.51. The molecule has 0 spiro atoms. The Labute approximate surface area is 141 Å². The van der Waals surface area contributed by atoms with Gasteiger partial charge in [-0.15, -0.1) is 0 Å². The van der Waals surface area contributed by atoms with Crippen LogP contribution in [0.1, 0.15) is 37.2 Å². The number of benzene rings is 1. The van der Waals surface area contributed by atoms with Gasteiger partial charge in [0.1, 0.15) is 0 Å². The van der Waals surface area contributed by atoms with Crippen LogP contribution in [-0.2, 0) is 4.79 Å². The Morgan fingerprint density at radius 1 is 1.25 bits per heavy atom. The first-order valence-electron chi connectivity index (χ1n) is 8.46. The average molecular weight is 342 g/mol. The lowest BCUT2D eigenvalue weighted by Gasteiger charge is -2.33. The Balaban J connectivity index is 1.94. The van der Waals surface area contributed by atoms with E-state index < -0.39 is 24.4 Å². The van der Waals surface area contributed by atoms with Gasteiger partial charge in [0, 0.05) is 19.5 Å². The van der Waals surface area contributed by atoms with Crippen LogP contribution < -0.4 is 5.32 Å². The molecule has 1 amide bonds. The molecule has 0 radical (unpaired) electrons. The molecule has 1 aliphatic heterocycles. The lowest BCUT2D eigenvalue weighted by molar-refractivity contribution is -0.161. The van der Waals surface area contributed by atoms with Gasteiger partial charge < -0.3 is 10.2 Å². The zero-order valence-corrected chi connectivity index (χ0v) is 14.0. The fourth-order valence-corrected chi connectivity index (χ4v) is 3.23. The molecule has 1 saturated heterocycles. The number of rotatable bonds is 6. The maximum atomic E-state index is 13.4. The Hall–Kier alpha value is -1.56. The molecule has 3 nitrogen and oxygen atoms in total. The van der Waals surface area contributed by atoms with E-state index in [0.29, 0.717) is 19.0 Å². The summed E-state index contributed by atoms with van der Waals surface area (Å²) in [6.07, 6.45) is -2.13. The highest BCUT2D eigenvalue weighted by atomic mass is 19.4. The van der Waals surface area contributed by atoms with E-state index in [2.05, 4.69) is 5.32 Å². The first-order valence-corrected chi connectivity index (χ1v) is 8.46. The summed E-state index contributed by atoms with van der Waals surface area (Å²) < 4.78 is 40.1. The molecule has 1 unspecified atom stereocenters. The van der Waals surface area contributed by atoms with Crippen LogP contribution in [0.15, 0.2) is 30.3 Å². The largest absolute Gasteiger partial charge is 0.396 e. The third-order valence-electron chi connectivity index (χ3n) is 4.75. The van der Waals surface area contributed by atoms with Crippen molar-refractivity contribution in [2.75, 3.05) is 26.7 Å². The van der Waals surface area contributed by atoms with Crippen molar-refractivity contribution in [1.29, 1.82) is 0 Å². The number of piperidine rings is 1. The van der Waals surface area contributed by atoms with Gasteiger partial charge in [0.2, 0.25) is 5.91 Å². The predicted octanol–water partition coefficient (Wildman–Crippen LogP) is 3.57. The molecule has 1 aliphatic rings. The second-order valence-electron chi connectivity index (χ2n) is 6.43. The lowest BCUT2D eigenvalue weighted by Crippen LogP contribution is -2.40. The number of carbonyl (C=O) groups excluding carboxylic acids is 1. The summed E-state index contributed by atoms with van der Waals surface area (Å²) in [7, 11) is 1.90. The Kier molecular flexibility index (Phi) is 6.66. The van der Waals surface area contributed by atoms with Crippen LogP contribution >= 0.6 is 0 Å². The van der Waals surface area contributed by atoms with Gasteiger partial charge in [-0.3, -0.25) is 4.79 Å². The van der Waals surface area contributed by atoms with Crippen LogP contribution in [0.3, 0.4) is 0 Å². The molecule has 1 fully saturated rings. The van der Waals surface area contributed by atoms with Gasteiger partial charge in [0.05, 0.1) is 5.92 Å². The van der Waals surface area contributed by atoms with Crippen LogP contribution in [0.25, 0.3) is 0 Å².